The number of ether oxygens (including phenoxy) is 1. The summed E-state index contributed by atoms with van der Waals surface area (Å²) in [5, 5.41) is -1.12. The van der Waals surface area contributed by atoms with Gasteiger partial charge in [-0.2, -0.15) is 0 Å². The summed E-state index contributed by atoms with van der Waals surface area (Å²) < 4.78 is 31.6. The van der Waals surface area contributed by atoms with Crippen LogP contribution in [0, 0.1) is 0 Å². The second-order valence-electron chi connectivity index (χ2n) is 6.95. The van der Waals surface area contributed by atoms with Crippen LogP contribution in [0.5, 0.6) is 5.75 Å². The quantitative estimate of drug-likeness (QED) is 0.586. The van der Waals surface area contributed by atoms with Crippen molar-refractivity contribution < 1.29 is 17.9 Å². The van der Waals surface area contributed by atoms with Crippen LogP contribution in [0.15, 0.2) is 89.8 Å². The first-order valence-electron chi connectivity index (χ1n) is 9.29. The van der Waals surface area contributed by atoms with Crippen LogP contribution >= 0.6 is 0 Å². The van der Waals surface area contributed by atoms with Gasteiger partial charge < -0.3 is 9.64 Å². The molecule has 1 aliphatic rings. The van der Waals surface area contributed by atoms with Crippen LogP contribution in [0.2, 0.25) is 0 Å². The van der Waals surface area contributed by atoms with E-state index in [1.807, 2.05) is 54.6 Å². The largest absolute Gasteiger partial charge is 0.497 e. The topological polar surface area (TPSA) is 63.7 Å². The van der Waals surface area contributed by atoms with Gasteiger partial charge in [0.2, 0.25) is 5.91 Å². The molecule has 3 aromatic carbocycles. The highest BCUT2D eigenvalue weighted by atomic mass is 32.2. The summed E-state index contributed by atoms with van der Waals surface area (Å²) in [6, 6.07) is 24.4. The summed E-state index contributed by atoms with van der Waals surface area (Å²) in [6.45, 7) is 0.337. The molecule has 6 heteroatoms. The Hall–Kier alpha value is -3.12. The smallest absolute Gasteiger partial charge is 0.244 e. The minimum Gasteiger partial charge on any atom is -0.497 e. The molecule has 0 radical (unpaired) electrons. The van der Waals surface area contributed by atoms with Crippen LogP contribution in [0.4, 0.5) is 0 Å². The molecule has 5 nitrogen and oxygen atoms in total. The molecule has 3 aromatic rings. The first-order chi connectivity index (χ1) is 14.0. The molecular formula is C23H21NO4S. The Bertz CT molecular complexity index is 1100. The maximum absolute atomic E-state index is 13.2. The zero-order valence-corrected chi connectivity index (χ0v) is 16.7. The number of β-lactam (4-membered cyclic amide) rings is 1. The summed E-state index contributed by atoms with van der Waals surface area (Å²) >= 11 is 0. The van der Waals surface area contributed by atoms with E-state index in [1.54, 1.807) is 30.2 Å². The molecule has 0 unspecified atom stereocenters. The lowest BCUT2D eigenvalue weighted by Crippen LogP contribution is -2.61. The van der Waals surface area contributed by atoms with Gasteiger partial charge in [-0.25, -0.2) is 8.42 Å². The number of sulfone groups is 1. The van der Waals surface area contributed by atoms with Crippen molar-refractivity contribution in [1.29, 1.82) is 0 Å². The van der Waals surface area contributed by atoms with E-state index < -0.39 is 21.1 Å². The van der Waals surface area contributed by atoms with Crippen molar-refractivity contribution in [3.8, 4) is 5.75 Å². The lowest BCUT2D eigenvalue weighted by molar-refractivity contribution is -0.146. The van der Waals surface area contributed by atoms with E-state index in [0.717, 1.165) is 16.9 Å². The summed E-state index contributed by atoms with van der Waals surface area (Å²) in [6.07, 6.45) is 0. The molecule has 1 saturated heterocycles. The molecule has 0 saturated carbocycles. The Kier molecular flexibility index (Phi) is 5.11. The first kappa shape index (κ1) is 19.2. The number of carbonyl (C=O) groups is 1. The lowest BCUT2D eigenvalue weighted by atomic mass is 9.92. The van der Waals surface area contributed by atoms with Crippen molar-refractivity contribution in [2.24, 2.45) is 0 Å². The standard InChI is InChI=1S/C23H21NO4S/c1-28-19-14-12-17(13-15-19)16-24-21(18-8-4-2-5-9-18)22(23(24)25)29(26,27)20-10-6-3-7-11-20/h2-15,21-22H,16H2,1H3/t21-,22-/m1/s1. The van der Waals surface area contributed by atoms with Gasteiger partial charge in [0.25, 0.3) is 0 Å². The lowest BCUT2D eigenvalue weighted by Gasteiger charge is -2.46. The Morgan fingerprint density at radius 1 is 0.862 bits per heavy atom. The zero-order chi connectivity index (χ0) is 20.4. The predicted molar refractivity (Wildman–Crippen MR) is 110 cm³/mol. The van der Waals surface area contributed by atoms with Gasteiger partial charge in [-0.1, -0.05) is 60.7 Å². The third-order valence-electron chi connectivity index (χ3n) is 5.21. The van der Waals surface area contributed by atoms with Gasteiger partial charge in [0.1, 0.15) is 5.75 Å². The molecule has 0 bridgehead atoms. The fourth-order valence-electron chi connectivity index (χ4n) is 3.68. The molecule has 4 rings (SSSR count). The van der Waals surface area contributed by atoms with E-state index >= 15 is 0 Å². The number of hydrogen-bond donors (Lipinski definition) is 0. The Morgan fingerprint density at radius 3 is 2.03 bits per heavy atom. The second kappa shape index (κ2) is 7.72. The van der Waals surface area contributed by atoms with Crippen molar-refractivity contribution in [3.05, 3.63) is 96.1 Å². The van der Waals surface area contributed by atoms with Crippen LogP contribution < -0.4 is 4.74 Å². The minimum atomic E-state index is -3.80. The molecule has 29 heavy (non-hydrogen) atoms. The molecular weight excluding hydrogens is 386 g/mol. The number of hydrogen-bond acceptors (Lipinski definition) is 4. The summed E-state index contributed by atoms with van der Waals surface area (Å²) in [5.41, 5.74) is 1.72. The average molecular weight is 407 g/mol. The van der Waals surface area contributed by atoms with Gasteiger partial charge in [-0.3, -0.25) is 4.79 Å². The number of carbonyl (C=O) groups excluding carboxylic acids is 1. The van der Waals surface area contributed by atoms with Crippen LogP contribution in [0.1, 0.15) is 17.2 Å². The van der Waals surface area contributed by atoms with E-state index in [2.05, 4.69) is 0 Å². The van der Waals surface area contributed by atoms with Crippen LogP contribution in [0.3, 0.4) is 0 Å². The summed E-state index contributed by atoms with van der Waals surface area (Å²) in [4.78, 5) is 14.8. The summed E-state index contributed by atoms with van der Waals surface area (Å²) in [5.74, 6) is 0.353. The highest BCUT2D eigenvalue weighted by molar-refractivity contribution is 7.93. The predicted octanol–water partition coefficient (Wildman–Crippen LogP) is 3.62. The second-order valence-corrected chi connectivity index (χ2v) is 9.02. The van der Waals surface area contributed by atoms with E-state index in [9.17, 15) is 13.2 Å². The minimum absolute atomic E-state index is 0.170. The monoisotopic (exact) mass is 407 g/mol. The summed E-state index contributed by atoms with van der Waals surface area (Å²) in [7, 11) is -2.20. The number of rotatable bonds is 6. The maximum atomic E-state index is 13.2. The Labute approximate surface area is 170 Å². The third kappa shape index (κ3) is 3.51. The van der Waals surface area contributed by atoms with Gasteiger partial charge in [0.05, 0.1) is 18.0 Å². The third-order valence-corrected chi connectivity index (χ3v) is 7.27. The number of benzene rings is 3. The molecule has 0 N–H and O–H groups in total. The first-order valence-corrected chi connectivity index (χ1v) is 10.8. The molecule has 0 aromatic heterocycles. The molecule has 1 aliphatic heterocycles. The zero-order valence-electron chi connectivity index (χ0n) is 15.9. The molecule has 1 fully saturated rings. The van der Waals surface area contributed by atoms with Crippen molar-refractivity contribution >= 4 is 15.7 Å². The number of amides is 1. The molecule has 1 amide bonds. The van der Waals surface area contributed by atoms with Crippen molar-refractivity contribution in [3.63, 3.8) is 0 Å². The normalized spacial score (nSPS) is 18.9. The fourth-order valence-corrected chi connectivity index (χ4v) is 5.56. The highest BCUT2D eigenvalue weighted by Crippen LogP contribution is 2.42. The van der Waals surface area contributed by atoms with Gasteiger partial charge in [-0.15, -0.1) is 0 Å². The highest BCUT2D eigenvalue weighted by Gasteiger charge is 2.55. The fraction of sp³-hybridized carbons (Fsp3) is 0.174. The molecule has 148 valence electrons. The van der Waals surface area contributed by atoms with Gasteiger partial charge >= 0.3 is 0 Å². The van der Waals surface area contributed by atoms with Gasteiger partial charge in [0.15, 0.2) is 15.1 Å². The van der Waals surface area contributed by atoms with Crippen molar-refractivity contribution in [2.75, 3.05) is 7.11 Å². The Morgan fingerprint density at radius 2 is 1.45 bits per heavy atom. The number of methoxy groups -OCH3 is 1. The van der Waals surface area contributed by atoms with Crippen LogP contribution in [-0.4, -0.2) is 31.6 Å². The van der Waals surface area contributed by atoms with E-state index in [4.69, 9.17) is 4.74 Å². The molecule has 1 heterocycles. The van der Waals surface area contributed by atoms with Gasteiger partial charge in [0, 0.05) is 6.54 Å². The van der Waals surface area contributed by atoms with E-state index in [1.165, 1.54) is 12.1 Å². The van der Waals surface area contributed by atoms with E-state index in [0.29, 0.717) is 6.54 Å². The van der Waals surface area contributed by atoms with E-state index in [-0.39, 0.29) is 10.8 Å². The van der Waals surface area contributed by atoms with Gasteiger partial charge in [-0.05, 0) is 35.4 Å². The SMILES string of the molecule is COc1ccc(CN2C(=O)[C@H](S(=O)(=O)c3ccccc3)[C@H]2c2ccccc2)cc1. The number of nitrogens with zero attached hydrogens (tertiary/aromatic N) is 1. The van der Waals surface area contributed by atoms with Crippen molar-refractivity contribution in [2.45, 2.75) is 22.7 Å². The van der Waals surface area contributed by atoms with Crippen LogP contribution in [-0.2, 0) is 21.2 Å². The average Bonchev–Trinajstić information content (AvgIpc) is 2.77. The molecule has 0 aliphatic carbocycles. The number of likely N-dealkylation sites (tertiary alicyclic amines) is 1. The molecule has 0 spiro atoms. The maximum Gasteiger partial charge on any atom is 0.244 e. The molecule has 2 atom stereocenters. The van der Waals surface area contributed by atoms with Crippen LogP contribution in [0.25, 0.3) is 0 Å². The van der Waals surface area contributed by atoms with Crippen molar-refractivity contribution in [1.82, 2.24) is 4.90 Å². The Balaban J connectivity index is 1.69.